The fourth-order valence-corrected chi connectivity index (χ4v) is 4.14. The summed E-state index contributed by atoms with van der Waals surface area (Å²) < 4.78 is 13.0. The predicted octanol–water partition coefficient (Wildman–Crippen LogP) is 3.37. The molecule has 0 saturated carbocycles. The van der Waals surface area contributed by atoms with Crippen LogP contribution in [0, 0.1) is 13.5 Å². The lowest BCUT2D eigenvalue weighted by Gasteiger charge is -2.16. The molecule has 1 unspecified atom stereocenters. The second-order valence-electron chi connectivity index (χ2n) is 8.01. The first kappa shape index (κ1) is 21.1. The number of H-pyrrole nitrogens is 1. The summed E-state index contributed by atoms with van der Waals surface area (Å²) in [5.74, 6) is 1.84. The summed E-state index contributed by atoms with van der Waals surface area (Å²) in [7, 11) is 0. The van der Waals surface area contributed by atoms with Crippen molar-refractivity contribution in [1.29, 1.82) is 0 Å². The highest BCUT2D eigenvalue weighted by Gasteiger charge is 2.41. The number of fused-ring (bicyclic) bond motifs is 1. The highest BCUT2D eigenvalue weighted by Crippen LogP contribution is 2.33. The maximum atomic E-state index is 12.9. The third kappa shape index (κ3) is 3.93. The Labute approximate surface area is 181 Å². The molecule has 8 nitrogen and oxygen atoms in total. The molecule has 0 aliphatic carbocycles. The van der Waals surface area contributed by atoms with Crippen LogP contribution in [0.25, 0.3) is 21.7 Å². The SMILES string of the molecule is [C-]#[N+]C1(Cc2ccc(OCC)c(-c3nn4c(CCC)nc(C)c4c(=O)[nH]3)c2)CCOC1. The number of aromatic amines is 1. The molecule has 3 aromatic rings. The van der Waals surface area contributed by atoms with E-state index in [1.807, 2.05) is 32.0 Å². The van der Waals surface area contributed by atoms with E-state index in [-0.39, 0.29) is 5.56 Å². The minimum Gasteiger partial charge on any atom is -0.493 e. The minimum atomic E-state index is -0.537. The van der Waals surface area contributed by atoms with Gasteiger partial charge in [-0.2, -0.15) is 0 Å². The minimum absolute atomic E-state index is 0.230. The summed E-state index contributed by atoms with van der Waals surface area (Å²) >= 11 is 0. The third-order valence-corrected chi connectivity index (χ3v) is 5.67. The van der Waals surface area contributed by atoms with Crippen LogP contribution in [0.2, 0.25) is 0 Å². The molecule has 3 heterocycles. The Morgan fingerprint density at radius 2 is 2.23 bits per heavy atom. The van der Waals surface area contributed by atoms with Gasteiger partial charge in [0.05, 0.1) is 37.3 Å². The topological polar surface area (TPSA) is 85.9 Å². The van der Waals surface area contributed by atoms with Gasteiger partial charge in [0.25, 0.3) is 11.1 Å². The number of hydrogen-bond donors (Lipinski definition) is 1. The third-order valence-electron chi connectivity index (χ3n) is 5.67. The Balaban J connectivity index is 1.84. The van der Waals surface area contributed by atoms with Crippen LogP contribution >= 0.6 is 0 Å². The van der Waals surface area contributed by atoms with Gasteiger partial charge in [-0.15, -0.1) is 5.10 Å². The molecule has 0 amide bonds. The largest absolute Gasteiger partial charge is 0.493 e. The highest BCUT2D eigenvalue weighted by atomic mass is 16.5. The molecule has 4 rings (SSSR count). The highest BCUT2D eigenvalue weighted by molar-refractivity contribution is 5.66. The molecule has 1 aliphatic rings. The number of benzene rings is 1. The predicted molar refractivity (Wildman–Crippen MR) is 117 cm³/mol. The number of aryl methyl sites for hydroxylation is 2. The monoisotopic (exact) mass is 421 g/mol. The van der Waals surface area contributed by atoms with Gasteiger partial charge >= 0.3 is 0 Å². The number of aromatic nitrogens is 4. The summed E-state index contributed by atoms with van der Waals surface area (Å²) in [6, 6.07) is 5.82. The van der Waals surface area contributed by atoms with Crippen molar-refractivity contribution in [3.63, 3.8) is 0 Å². The van der Waals surface area contributed by atoms with E-state index in [0.717, 1.165) is 30.7 Å². The average molecular weight is 422 g/mol. The van der Waals surface area contributed by atoms with Gasteiger partial charge in [0.2, 0.25) is 0 Å². The maximum absolute atomic E-state index is 12.9. The molecule has 1 fully saturated rings. The number of nitrogens with one attached hydrogen (secondary N) is 1. The second kappa shape index (κ2) is 8.52. The van der Waals surface area contributed by atoms with Gasteiger partial charge in [-0.05, 0) is 38.0 Å². The molecule has 2 aromatic heterocycles. The summed E-state index contributed by atoms with van der Waals surface area (Å²) in [6.45, 7) is 15.0. The van der Waals surface area contributed by atoms with E-state index in [1.54, 1.807) is 4.52 Å². The molecule has 162 valence electrons. The lowest BCUT2D eigenvalue weighted by Crippen LogP contribution is -2.27. The maximum Gasteiger partial charge on any atom is 0.277 e. The lowest BCUT2D eigenvalue weighted by atomic mass is 9.90. The van der Waals surface area contributed by atoms with Crippen molar-refractivity contribution >= 4 is 5.52 Å². The number of hydrogen-bond acceptors (Lipinski definition) is 5. The van der Waals surface area contributed by atoms with Crippen molar-refractivity contribution in [2.24, 2.45) is 0 Å². The molecular weight excluding hydrogens is 394 g/mol. The van der Waals surface area contributed by atoms with Crippen molar-refractivity contribution in [2.45, 2.75) is 52.0 Å². The summed E-state index contributed by atoms with van der Waals surface area (Å²) in [5.41, 5.74) is 2.06. The Morgan fingerprint density at radius 1 is 1.39 bits per heavy atom. The van der Waals surface area contributed by atoms with Crippen LogP contribution in [0.4, 0.5) is 0 Å². The normalized spacial score (nSPS) is 18.4. The molecule has 1 aromatic carbocycles. The molecule has 0 bridgehead atoms. The van der Waals surface area contributed by atoms with Gasteiger partial charge < -0.3 is 19.3 Å². The standard InChI is InChI=1S/C23H27N5O3/c1-5-7-19-25-15(3)20-22(29)26-21(27-28(19)20)17-12-16(8-9-18(17)31-6-2)13-23(24-4)10-11-30-14-23/h8-9,12H,5-7,10-11,13-14H2,1-3H3,(H,26,27,29). The fraction of sp³-hybridized carbons (Fsp3) is 0.478. The zero-order valence-electron chi connectivity index (χ0n) is 18.2. The molecular formula is C23H27N5O3. The number of imidazole rings is 1. The average Bonchev–Trinajstić information content (AvgIpc) is 3.35. The van der Waals surface area contributed by atoms with Crippen LogP contribution in [0.5, 0.6) is 5.75 Å². The van der Waals surface area contributed by atoms with Crippen LogP contribution < -0.4 is 10.3 Å². The van der Waals surface area contributed by atoms with Gasteiger partial charge in [-0.1, -0.05) is 13.0 Å². The van der Waals surface area contributed by atoms with Crippen molar-refractivity contribution < 1.29 is 9.47 Å². The number of nitrogens with zero attached hydrogens (tertiary/aromatic N) is 4. The Morgan fingerprint density at radius 3 is 2.90 bits per heavy atom. The van der Waals surface area contributed by atoms with E-state index in [1.165, 1.54) is 0 Å². The van der Waals surface area contributed by atoms with Gasteiger partial charge in [-0.3, -0.25) is 4.79 Å². The van der Waals surface area contributed by atoms with Crippen LogP contribution in [0.15, 0.2) is 23.0 Å². The molecule has 1 N–H and O–H groups in total. The van der Waals surface area contributed by atoms with Gasteiger partial charge in [-0.25, -0.2) is 16.1 Å². The molecule has 1 saturated heterocycles. The van der Waals surface area contributed by atoms with Crippen molar-refractivity contribution in [3.8, 4) is 17.1 Å². The number of rotatable bonds is 7. The van der Waals surface area contributed by atoms with E-state index in [4.69, 9.17) is 21.1 Å². The quantitative estimate of drug-likeness (QED) is 0.591. The van der Waals surface area contributed by atoms with Crippen molar-refractivity contribution in [3.05, 3.63) is 57.1 Å². The van der Waals surface area contributed by atoms with E-state index in [0.29, 0.717) is 54.6 Å². The smallest absolute Gasteiger partial charge is 0.277 e. The van der Waals surface area contributed by atoms with E-state index >= 15 is 0 Å². The van der Waals surface area contributed by atoms with E-state index < -0.39 is 5.54 Å². The van der Waals surface area contributed by atoms with Crippen molar-refractivity contribution in [2.75, 3.05) is 19.8 Å². The first-order valence-electron chi connectivity index (χ1n) is 10.7. The van der Waals surface area contributed by atoms with Gasteiger partial charge in [0.15, 0.2) is 11.3 Å². The molecule has 31 heavy (non-hydrogen) atoms. The Hall–Kier alpha value is -3.18. The molecule has 1 atom stereocenters. The Bertz CT molecular complexity index is 1200. The first-order chi connectivity index (χ1) is 15.0. The Kier molecular flexibility index (Phi) is 5.79. The second-order valence-corrected chi connectivity index (χ2v) is 8.01. The summed E-state index contributed by atoms with van der Waals surface area (Å²) in [4.78, 5) is 24.2. The molecule has 0 spiro atoms. The van der Waals surface area contributed by atoms with Crippen molar-refractivity contribution in [1.82, 2.24) is 19.6 Å². The fourth-order valence-electron chi connectivity index (χ4n) is 4.14. The first-order valence-corrected chi connectivity index (χ1v) is 10.7. The van der Waals surface area contributed by atoms with Crippen LogP contribution in [0.3, 0.4) is 0 Å². The molecule has 1 aliphatic heterocycles. The van der Waals surface area contributed by atoms with Crippen LogP contribution in [-0.2, 0) is 17.6 Å². The molecule has 0 radical (unpaired) electrons. The van der Waals surface area contributed by atoms with Crippen LogP contribution in [0.1, 0.15) is 43.8 Å². The van der Waals surface area contributed by atoms with E-state index in [9.17, 15) is 4.79 Å². The van der Waals surface area contributed by atoms with Crippen LogP contribution in [-0.4, -0.2) is 44.9 Å². The zero-order chi connectivity index (χ0) is 22.0. The molecule has 8 heteroatoms. The number of ether oxygens (including phenoxy) is 2. The lowest BCUT2D eigenvalue weighted by molar-refractivity contribution is 0.185. The van der Waals surface area contributed by atoms with Gasteiger partial charge in [0, 0.05) is 6.42 Å². The summed E-state index contributed by atoms with van der Waals surface area (Å²) in [5, 5.41) is 4.73. The zero-order valence-corrected chi connectivity index (χ0v) is 18.2. The van der Waals surface area contributed by atoms with E-state index in [2.05, 4.69) is 21.7 Å². The summed E-state index contributed by atoms with van der Waals surface area (Å²) in [6.07, 6.45) is 2.93. The van der Waals surface area contributed by atoms with Gasteiger partial charge in [0.1, 0.15) is 18.2 Å².